The van der Waals surface area contributed by atoms with Gasteiger partial charge >= 0.3 is 0 Å². The monoisotopic (exact) mass is 400 g/mol. The summed E-state index contributed by atoms with van der Waals surface area (Å²) in [5.74, 6) is -0.0449. The number of sulfone groups is 1. The molecule has 150 valence electrons. The third kappa shape index (κ3) is 4.61. The molecule has 1 amide bonds. The third-order valence-corrected chi connectivity index (χ3v) is 7.77. The summed E-state index contributed by atoms with van der Waals surface area (Å²) in [6, 6.07) is 8.65. The summed E-state index contributed by atoms with van der Waals surface area (Å²) in [6.45, 7) is 3.91. The quantitative estimate of drug-likeness (QED) is 0.798. The number of nitrogens with zero attached hydrogens (tertiary/aromatic N) is 1. The van der Waals surface area contributed by atoms with Crippen LogP contribution >= 0.6 is 0 Å². The largest absolute Gasteiger partial charge is 0.354 e. The Labute approximate surface area is 167 Å². The summed E-state index contributed by atoms with van der Waals surface area (Å²) in [7, 11) is -3.67. The Hall–Kier alpha value is -2.21. The molecular weight excluding hydrogens is 372 g/mol. The Morgan fingerprint density at radius 1 is 1.14 bits per heavy atom. The predicted octanol–water partition coefficient (Wildman–Crippen LogP) is 3.91. The lowest BCUT2D eigenvalue weighted by Gasteiger charge is -2.23. The highest BCUT2D eigenvalue weighted by atomic mass is 32.2. The van der Waals surface area contributed by atoms with E-state index in [0.29, 0.717) is 5.56 Å². The average molecular weight is 401 g/mol. The Balaban J connectivity index is 1.86. The summed E-state index contributed by atoms with van der Waals surface area (Å²) in [6.07, 6.45) is 8.24. The fourth-order valence-corrected chi connectivity index (χ4v) is 5.46. The van der Waals surface area contributed by atoms with Crippen molar-refractivity contribution in [1.29, 1.82) is 0 Å². The van der Waals surface area contributed by atoms with Crippen molar-refractivity contribution in [3.63, 3.8) is 0 Å². The van der Waals surface area contributed by atoms with Gasteiger partial charge in [-0.05, 0) is 61.6 Å². The summed E-state index contributed by atoms with van der Waals surface area (Å²) in [4.78, 5) is 16.9. The van der Waals surface area contributed by atoms with Gasteiger partial charge in [0, 0.05) is 24.9 Å². The molecule has 3 rings (SSSR count). The van der Waals surface area contributed by atoms with Gasteiger partial charge in [-0.2, -0.15) is 0 Å². The number of aromatic nitrogens is 1. The normalized spacial score (nSPS) is 16.5. The molecule has 1 aromatic heterocycles. The first kappa shape index (κ1) is 20.5. The molecule has 0 unspecified atom stereocenters. The van der Waals surface area contributed by atoms with E-state index in [-0.39, 0.29) is 23.3 Å². The van der Waals surface area contributed by atoms with Crippen LogP contribution in [0.2, 0.25) is 0 Å². The van der Waals surface area contributed by atoms with Crippen molar-refractivity contribution >= 4 is 15.7 Å². The van der Waals surface area contributed by atoms with Crippen molar-refractivity contribution in [2.45, 2.75) is 56.1 Å². The molecule has 1 saturated carbocycles. The van der Waals surface area contributed by atoms with Gasteiger partial charge < -0.3 is 5.32 Å². The number of rotatable bonds is 6. The number of nitrogens with one attached hydrogen (secondary N) is 1. The number of benzene rings is 1. The molecule has 1 atom stereocenters. The second-order valence-electron chi connectivity index (χ2n) is 7.65. The highest BCUT2D eigenvalue weighted by Gasteiger charge is 2.31. The van der Waals surface area contributed by atoms with E-state index in [4.69, 9.17) is 0 Å². The molecule has 1 aliphatic rings. The van der Waals surface area contributed by atoms with Crippen LogP contribution in [-0.2, 0) is 14.6 Å². The Morgan fingerprint density at radius 2 is 1.89 bits per heavy atom. The maximum Gasteiger partial charge on any atom is 0.223 e. The van der Waals surface area contributed by atoms with Crippen LogP contribution in [-0.4, -0.2) is 25.9 Å². The van der Waals surface area contributed by atoms with Gasteiger partial charge in [0.05, 0.1) is 4.90 Å². The van der Waals surface area contributed by atoms with E-state index in [0.717, 1.165) is 36.8 Å². The van der Waals surface area contributed by atoms with Crippen LogP contribution in [0, 0.1) is 19.8 Å². The number of hydrogen-bond acceptors (Lipinski definition) is 4. The zero-order chi connectivity index (χ0) is 20.1. The van der Waals surface area contributed by atoms with Gasteiger partial charge in [-0.15, -0.1) is 0 Å². The minimum atomic E-state index is -3.67. The molecule has 1 aliphatic carbocycles. The van der Waals surface area contributed by atoms with Gasteiger partial charge in [-0.1, -0.05) is 31.4 Å². The van der Waals surface area contributed by atoms with E-state index in [1.165, 1.54) is 6.42 Å². The van der Waals surface area contributed by atoms with E-state index in [1.807, 2.05) is 19.9 Å². The highest BCUT2D eigenvalue weighted by molar-refractivity contribution is 7.91. The second kappa shape index (κ2) is 8.86. The van der Waals surface area contributed by atoms with E-state index >= 15 is 0 Å². The van der Waals surface area contributed by atoms with Crippen molar-refractivity contribution in [3.8, 4) is 0 Å². The van der Waals surface area contributed by atoms with Crippen LogP contribution in [0.25, 0.3) is 0 Å². The van der Waals surface area contributed by atoms with E-state index in [9.17, 15) is 13.2 Å². The molecule has 1 aromatic carbocycles. The highest BCUT2D eigenvalue weighted by Crippen LogP contribution is 2.30. The number of amides is 1. The van der Waals surface area contributed by atoms with E-state index < -0.39 is 15.1 Å². The fraction of sp³-hybridized carbons (Fsp3) is 0.455. The van der Waals surface area contributed by atoms with Gasteiger partial charge in [-0.25, -0.2) is 8.42 Å². The first-order valence-electron chi connectivity index (χ1n) is 9.88. The maximum atomic E-state index is 13.4. The van der Waals surface area contributed by atoms with Crippen LogP contribution in [0.1, 0.15) is 54.0 Å². The van der Waals surface area contributed by atoms with Gasteiger partial charge in [0.25, 0.3) is 0 Å². The van der Waals surface area contributed by atoms with Crippen LogP contribution < -0.4 is 5.32 Å². The predicted molar refractivity (Wildman–Crippen MR) is 110 cm³/mol. The third-order valence-electron chi connectivity index (χ3n) is 5.68. The minimum absolute atomic E-state index is 0.00683. The smallest absolute Gasteiger partial charge is 0.223 e. The average Bonchev–Trinajstić information content (AvgIpc) is 2.71. The topological polar surface area (TPSA) is 76.1 Å². The molecule has 0 bridgehead atoms. The number of pyridine rings is 1. The van der Waals surface area contributed by atoms with Crippen molar-refractivity contribution in [2.75, 3.05) is 6.54 Å². The minimum Gasteiger partial charge on any atom is -0.354 e. The SMILES string of the molecule is Cc1ccc(S(=O)(=O)[C@H](CNC(=O)C2CCCCC2)c2cccnc2)cc1C. The molecule has 2 aromatic rings. The number of carbonyl (C=O) groups excluding carboxylic acids is 1. The Bertz CT molecular complexity index is 920. The fourth-order valence-electron chi connectivity index (χ4n) is 3.73. The van der Waals surface area contributed by atoms with Crippen LogP contribution in [0.3, 0.4) is 0 Å². The molecule has 0 saturated heterocycles. The van der Waals surface area contributed by atoms with Crippen LogP contribution in [0.15, 0.2) is 47.6 Å². The molecule has 1 heterocycles. The van der Waals surface area contributed by atoms with Crippen molar-refractivity contribution in [1.82, 2.24) is 10.3 Å². The molecule has 1 fully saturated rings. The van der Waals surface area contributed by atoms with Gasteiger partial charge in [-0.3, -0.25) is 9.78 Å². The van der Waals surface area contributed by atoms with Crippen LogP contribution in [0.5, 0.6) is 0 Å². The van der Waals surface area contributed by atoms with E-state index in [2.05, 4.69) is 10.3 Å². The number of aryl methyl sites for hydroxylation is 2. The lowest BCUT2D eigenvalue weighted by atomic mass is 9.88. The van der Waals surface area contributed by atoms with Gasteiger partial charge in [0.15, 0.2) is 9.84 Å². The molecular formula is C22H28N2O3S. The zero-order valence-electron chi connectivity index (χ0n) is 16.5. The molecule has 5 nitrogen and oxygen atoms in total. The van der Waals surface area contributed by atoms with Crippen molar-refractivity contribution in [3.05, 3.63) is 59.4 Å². The summed E-state index contributed by atoms with van der Waals surface area (Å²) in [5.41, 5.74) is 2.56. The second-order valence-corrected chi connectivity index (χ2v) is 9.78. The molecule has 6 heteroatoms. The molecule has 1 N–H and O–H groups in total. The lowest BCUT2D eigenvalue weighted by Crippen LogP contribution is -2.36. The standard InChI is InChI=1S/C22H28N2O3S/c1-16-10-11-20(13-17(16)2)28(26,27)21(19-9-6-12-23-14-19)15-24-22(25)18-7-4-3-5-8-18/h6,9-14,18,21H,3-5,7-8,15H2,1-2H3,(H,24,25)/t21-/m1/s1. The summed E-state index contributed by atoms with van der Waals surface area (Å²) >= 11 is 0. The summed E-state index contributed by atoms with van der Waals surface area (Å²) < 4.78 is 26.8. The van der Waals surface area contributed by atoms with Gasteiger partial charge in [0.1, 0.15) is 5.25 Å². The van der Waals surface area contributed by atoms with Crippen LogP contribution in [0.4, 0.5) is 0 Å². The molecule has 0 radical (unpaired) electrons. The number of hydrogen-bond donors (Lipinski definition) is 1. The molecule has 0 aliphatic heterocycles. The molecule has 0 spiro atoms. The molecule has 28 heavy (non-hydrogen) atoms. The zero-order valence-corrected chi connectivity index (χ0v) is 17.3. The number of carbonyl (C=O) groups is 1. The first-order chi connectivity index (χ1) is 13.4. The van der Waals surface area contributed by atoms with Crippen molar-refractivity contribution < 1.29 is 13.2 Å². The Kier molecular flexibility index (Phi) is 6.50. The Morgan fingerprint density at radius 3 is 2.54 bits per heavy atom. The van der Waals surface area contributed by atoms with Crippen molar-refractivity contribution in [2.24, 2.45) is 5.92 Å². The first-order valence-corrected chi connectivity index (χ1v) is 11.4. The van der Waals surface area contributed by atoms with Gasteiger partial charge in [0.2, 0.25) is 5.91 Å². The summed E-state index contributed by atoms with van der Waals surface area (Å²) in [5, 5.41) is 2.04. The van der Waals surface area contributed by atoms with E-state index in [1.54, 1.807) is 36.7 Å². The maximum absolute atomic E-state index is 13.4. The lowest BCUT2D eigenvalue weighted by molar-refractivity contribution is -0.125.